The van der Waals surface area contributed by atoms with Crippen LogP contribution in [0, 0.1) is 0 Å². The van der Waals surface area contributed by atoms with Gasteiger partial charge in [-0.1, -0.05) is 30.1 Å². The first-order chi connectivity index (χ1) is 8.61. The van der Waals surface area contributed by atoms with Gasteiger partial charge in [0.05, 0.1) is 11.1 Å². The lowest BCUT2D eigenvalue weighted by Crippen LogP contribution is -2.55. The first kappa shape index (κ1) is 13.9. The molecule has 0 amide bonds. The fourth-order valence-electron chi connectivity index (χ4n) is 1.88. The molecule has 1 saturated carbocycles. The Bertz CT molecular complexity index is 411. The molecule has 0 aliphatic heterocycles. The molecule has 2 rings (SSSR count). The van der Waals surface area contributed by atoms with Crippen molar-refractivity contribution in [2.75, 3.05) is 6.61 Å². The van der Waals surface area contributed by atoms with Gasteiger partial charge in [0.25, 0.3) is 0 Å². The third-order valence-electron chi connectivity index (χ3n) is 2.91. The van der Waals surface area contributed by atoms with Gasteiger partial charge in [-0.2, -0.15) is 0 Å². The van der Waals surface area contributed by atoms with Crippen molar-refractivity contribution in [3.63, 3.8) is 0 Å². The smallest absolute Gasteiger partial charge is 0.138 e. The highest BCUT2D eigenvalue weighted by Gasteiger charge is 2.43. The van der Waals surface area contributed by atoms with Crippen molar-refractivity contribution in [2.45, 2.75) is 38.1 Å². The molecule has 1 N–H and O–H groups in total. The van der Waals surface area contributed by atoms with Crippen LogP contribution >= 0.6 is 23.2 Å². The number of aliphatic hydroxyl groups is 1. The van der Waals surface area contributed by atoms with E-state index in [1.165, 1.54) is 0 Å². The summed E-state index contributed by atoms with van der Waals surface area (Å²) in [4.78, 5) is 0. The number of rotatable bonds is 5. The second kappa shape index (κ2) is 6.11. The van der Waals surface area contributed by atoms with Crippen molar-refractivity contribution < 1.29 is 14.6 Å². The SMILES string of the molecule is CCCOC1C(O)CC1Oc1ccc(Cl)cc1Cl. The maximum atomic E-state index is 9.64. The van der Waals surface area contributed by atoms with Gasteiger partial charge in [0.15, 0.2) is 0 Å². The first-order valence-electron chi connectivity index (χ1n) is 6.03. The summed E-state index contributed by atoms with van der Waals surface area (Å²) < 4.78 is 11.3. The Balaban J connectivity index is 1.96. The van der Waals surface area contributed by atoms with Crippen LogP contribution in [0.2, 0.25) is 10.0 Å². The van der Waals surface area contributed by atoms with Crippen molar-refractivity contribution >= 4 is 23.2 Å². The largest absolute Gasteiger partial charge is 0.486 e. The number of hydrogen-bond acceptors (Lipinski definition) is 3. The van der Waals surface area contributed by atoms with Crippen molar-refractivity contribution in [1.82, 2.24) is 0 Å². The topological polar surface area (TPSA) is 38.7 Å². The third kappa shape index (κ3) is 3.09. The van der Waals surface area contributed by atoms with E-state index in [2.05, 4.69) is 0 Å². The summed E-state index contributed by atoms with van der Waals surface area (Å²) in [5.41, 5.74) is 0. The first-order valence-corrected chi connectivity index (χ1v) is 6.78. The van der Waals surface area contributed by atoms with Gasteiger partial charge in [-0.3, -0.25) is 0 Å². The second-order valence-electron chi connectivity index (χ2n) is 4.37. The number of benzene rings is 1. The summed E-state index contributed by atoms with van der Waals surface area (Å²) in [6.45, 7) is 2.65. The molecule has 1 aliphatic carbocycles. The van der Waals surface area contributed by atoms with Crippen molar-refractivity contribution in [3.8, 4) is 5.75 Å². The molecule has 0 saturated heterocycles. The number of hydrogen-bond donors (Lipinski definition) is 1. The van der Waals surface area contributed by atoms with Crippen molar-refractivity contribution in [3.05, 3.63) is 28.2 Å². The Hall–Kier alpha value is -0.480. The Kier molecular flexibility index (Phi) is 4.73. The van der Waals surface area contributed by atoms with Crippen LogP contribution in [0.5, 0.6) is 5.75 Å². The average Bonchev–Trinajstić information content (AvgIpc) is 2.32. The van der Waals surface area contributed by atoms with Gasteiger partial charge in [0, 0.05) is 18.1 Å². The van der Waals surface area contributed by atoms with E-state index in [4.69, 9.17) is 32.7 Å². The van der Waals surface area contributed by atoms with Crippen LogP contribution in [0.4, 0.5) is 0 Å². The molecular weight excluding hydrogens is 275 g/mol. The molecule has 0 spiro atoms. The zero-order valence-electron chi connectivity index (χ0n) is 10.1. The Morgan fingerprint density at radius 3 is 2.78 bits per heavy atom. The van der Waals surface area contributed by atoms with E-state index in [0.29, 0.717) is 28.8 Å². The highest BCUT2D eigenvalue weighted by molar-refractivity contribution is 6.35. The molecule has 100 valence electrons. The third-order valence-corrected chi connectivity index (χ3v) is 3.44. The number of aliphatic hydroxyl groups excluding tert-OH is 1. The van der Waals surface area contributed by atoms with Crippen LogP contribution in [-0.4, -0.2) is 30.0 Å². The summed E-state index contributed by atoms with van der Waals surface area (Å²) in [5, 5.41) is 10.7. The van der Waals surface area contributed by atoms with Gasteiger partial charge in [-0.05, 0) is 24.6 Å². The van der Waals surface area contributed by atoms with Gasteiger partial charge < -0.3 is 14.6 Å². The number of ether oxygens (including phenoxy) is 2. The molecule has 1 fully saturated rings. The monoisotopic (exact) mass is 290 g/mol. The summed E-state index contributed by atoms with van der Waals surface area (Å²) in [7, 11) is 0. The maximum absolute atomic E-state index is 9.64. The lowest BCUT2D eigenvalue weighted by Gasteiger charge is -2.40. The Morgan fingerprint density at radius 1 is 1.39 bits per heavy atom. The molecule has 1 aromatic carbocycles. The fraction of sp³-hybridized carbons (Fsp3) is 0.538. The van der Waals surface area contributed by atoms with E-state index < -0.39 is 6.10 Å². The summed E-state index contributed by atoms with van der Waals surface area (Å²) in [6.07, 6.45) is 0.611. The van der Waals surface area contributed by atoms with Crippen LogP contribution in [0.15, 0.2) is 18.2 Å². The molecule has 0 bridgehead atoms. The minimum Gasteiger partial charge on any atom is -0.486 e. The Labute approximate surface area is 117 Å². The molecule has 5 heteroatoms. The minimum absolute atomic E-state index is 0.148. The van der Waals surface area contributed by atoms with E-state index in [-0.39, 0.29) is 12.2 Å². The van der Waals surface area contributed by atoms with E-state index in [1.54, 1.807) is 18.2 Å². The van der Waals surface area contributed by atoms with Crippen molar-refractivity contribution in [1.29, 1.82) is 0 Å². The normalized spacial score (nSPS) is 26.8. The molecule has 1 aromatic rings. The van der Waals surface area contributed by atoms with Crippen molar-refractivity contribution in [2.24, 2.45) is 0 Å². The lowest BCUT2D eigenvalue weighted by atomic mass is 9.88. The highest BCUT2D eigenvalue weighted by Crippen LogP contribution is 2.34. The van der Waals surface area contributed by atoms with Gasteiger partial charge in [-0.15, -0.1) is 0 Å². The molecule has 3 atom stereocenters. The van der Waals surface area contributed by atoms with E-state index in [0.717, 1.165) is 6.42 Å². The molecule has 0 radical (unpaired) electrons. The van der Waals surface area contributed by atoms with Crippen LogP contribution < -0.4 is 4.74 Å². The predicted octanol–water partition coefficient (Wildman–Crippen LogP) is 3.30. The minimum atomic E-state index is -0.451. The molecule has 1 aliphatic rings. The summed E-state index contributed by atoms with van der Waals surface area (Å²) in [5.74, 6) is 0.572. The molecule has 0 heterocycles. The molecule has 0 aromatic heterocycles. The quantitative estimate of drug-likeness (QED) is 0.904. The molecule has 18 heavy (non-hydrogen) atoms. The van der Waals surface area contributed by atoms with Crippen LogP contribution in [0.3, 0.4) is 0 Å². The zero-order chi connectivity index (χ0) is 13.1. The summed E-state index contributed by atoms with van der Waals surface area (Å²) >= 11 is 11.8. The van der Waals surface area contributed by atoms with E-state index >= 15 is 0 Å². The van der Waals surface area contributed by atoms with Crippen LogP contribution in [-0.2, 0) is 4.74 Å². The van der Waals surface area contributed by atoms with E-state index in [9.17, 15) is 5.11 Å². The Morgan fingerprint density at radius 2 is 2.17 bits per heavy atom. The van der Waals surface area contributed by atoms with Crippen LogP contribution in [0.25, 0.3) is 0 Å². The van der Waals surface area contributed by atoms with Gasteiger partial charge in [-0.25, -0.2) is 0 Å². The van der Waals surface area contributed by atoms with Gasteiger partial charge in [0.2, 0.25) is 0 Å². The second-order valence-corrected chi connectivity index (χ2v) is 5.21. The highest BCUT2D eigenvalue weighted by atomic mass is 35.5. The predicted molar refractivity (Wildman–Crippen MR) is 71.5 cm³/mol. The molecule has 3 nitrogen and oxygen atoms in total. The maximum Gasteiger partial charge on any atom is 0.138 e. The molecular formula is C13H16Cl2O3. The standard InChI is InChI=1S/C13H16Cl2O3/c1-2-5-17-13-10(16)7-12(13)18-11-4-3-8(14)6-9(11)15/h3-4,6,10,12-13,16H,2,5,7H2,1H3. The van der Waals surface area contributed by atoms with Crippen LogP contribution in [0.1, 0.15) is 19.8 Å². The fourth-order valence-corrected chi connectivity index (χ4v) is 2.33. The average molecular weight is 291 g/mol. The zero-order valence-corrected chi connectivity index (χ0v) is 11.6. The molecule has 3 unspecified atom stereocenters. The van der Waals surface area contributed by atoms with Gasteiger partial charge >= 0.3 is 0 Å². The summed E-state index contributed by atoms with van der Waals surface area (Å²) in [6, 6.07) is 5.08. The van der Waals surface area contributed by atoms with Gasteiger partial charge in [0.1, 0.15) is 18.0 Å². The number of halogens is 2. The lowest BCUT2D eigenvalue weighted by molar-refractivity contribution is -0.162. The van der Waals surface area contributed by atoms with E-state index in [1.807, 2.05) is 6.92 Å².